The zero-order valence-electron chi connectivity index (χ0n) is 14.1. The second-order valence-electron chi connectivity index (χ2n) is 8.63. The minimum Gasteiger partial charge on any atom is -0.507 e. The van der Waals surface area contributed by atoms with Crippen molar-refractivity contribution >= 4 is 13.3 Å². The molecule has 1 aromatic rings. The topological polar surface area (TPSA) is 20.2 Å². The summed E-state index contributed by atoms with van der Waals surface area (Å²) in [5.41, 5.74) is 2.15. The minimum atomic E-state index is -1.46. The maximum absolute atomic E-state index is 10.8. The van der Waals surface area contributed by atoms with Gasteiger partial charge in [0.2, 0.25) is 0 Å². The normalized spacial score (nSPS) is 13.7. The molecule has 19 heavy (non-hydrogen) atoms. The molecule has 0 fully saturated rings. The van der Waals surface area contributed by atoms with Crippen LogP contribution in [0.3, 0.4) is 0 Å². The molecule has 1 N–H and O–H groups in total. The van der Waals surface area contributed by atoms with Gasteiger partial charge in [-0.2, -0.15) is 0 Å². The van der Waals surface area contributed by atoms with Crippen molar-refractivity contribution in [2.24, 2.45) is 0 Å². The third-order valence-electron chi connectivity index (χ3n) is 3.54. The monoisotopic (exact) mass is 278 g/mol. The number of hydrogen-bond donors (Lipinski definition) is 1. The Morgan fingerprint density at radius 2 is 1.32 bits per heavy atom. The summed E-state index contributed by atoms with van der Waals surface area (Å²) >= 11 is 0. The van der Waals surface area contributed by atoms with Crippen LogP contribution < -0.4 is 5.19 Å². The summed E-state index contributed by atoms with van der Waals surface area (Å²) in [7, 11) is -1.46. The zero-order chi connectivity index (χ0) is 15.2. The molecule has 0 aliphatic carbocycles. The van der Waals surface area contributed by atoms with Crippen molar-refractivity contribution in [2.75, 3.05) is 0 Å². The fourth-order valence-corrected chi connectivity index (χ4v) is 4.41. The molecule has 0 radical (unpaired) electrons. The van der Waals surface area contributed by atoms with Gasteiger partial charge in [0, 0.05) is 0 Å². The first-order chi connectivity index (χ1) is 8.26. The Bertz CT molecular complexity index is 468. The molecule has 0 unspecified atom stereocenters. The molecule has 0 aromatic heterocycles. The van der Waals surface area contributed by atoms with Gasteiger partial charge in [-0.05, 0) is 22.0 Å². The maximum atomic E-state index is 10.8. The van der Waals surface area contributed by atoms with Gasteiger partial charge < -0.3 is 5.11 Å². The van der Waals surface area contributed by atoms with Crippen molar-refractivity contribution in [2.45, 2.75) is 72.0 Å². The summed E-state index contributed by atoms with van der Waals surface area (Å²) < 4.78 is 0. The van der Waals surface area contributed by atoms with Gasteiger partial charge in [-0.1, -0.05) is 78.5 Å². The number of phenolic OH excluding ortho intramolecular Hbond substituents is 1. The molecule has 108 valence electrons. The van der Waals surface area contributed by atoms with Crippen molar-refractivity contribution in [3.63, 3.8) is 0 Å². The molecule has 0 bridgehead atoms. The van der Waals surface area contributed by atoms with Gasteiger partial charge in [0.25, 0.3) is 0 Å². The summed E-state index contributed by atoms with van der Waals surface area (Å²) in [6.07, 6.45) is 0. The van der Waals surface area contributed by atoms with E-state index in [-0.39, 0.29) is 10.8 Å². The molecular formula is C17H30OSi. The highest BCUT2D eigenvalue weighted by Crippen LogP contribution is 2.38. The standard InChI is InChI=1S/C17H30OSi/c1-16(2,3)12-10-11-13(19(7,8)9)14(15(12)18)17(4,5)6/h10-11,18H,1-9H3. The minimum absolute atomic E-state index is 0.0257. The first-order valence-electron chi connectivity index (χ1n) is 7.13. The average molecular weight is 279 g/mol. The summed E-state index contributed by atoms with van der Waals surface area (Å²) in [6.45, 7) is 20.1. The van der Waals surface area contributed by atoms with Gasteiger partial charge in [0.15, 0.2) is 0 Å². The van der Waals surface area contributed by atoms with Crippen LogP contribution in [0.5, 0.6) is 5.75 Å². The van der Waals surface area contributed by atoms with Gasteiger partial charge in [-0.25, -0.2) is 0 Å². The molecule has 1 rings (SSSR count). The molecule has 0 saturated heterocycles. The largest absolute Gasteiger partial charge is 0.507 e. The third kappa shape index (κ3) is 3.41. The van der Waals surface area contributed by atoms with Crippen LogP contribution in [-0.4, -0.2) is 13.2 Å². The van der Waals surface area contributed by atoms with Gasteiger partial charge in [0.1, 0.15) is 5.75 Å². The Labute approximate surface area is 120 Å². The second kappa shape index (κ2) is 4.66. The van der Waals surface area contributed by atoms with Crippen LogP contribution in [0.25, 0.3) is 0 Å². The SMILES string of the molecule is CC(C)(C)c1ccc([Si](C)(C)C)c(C(C)(C)C)c1O. The highest BCUT2D eigenvalue weighted by Gasteiger charge is 2.32. The van der Waals surface area contributed by atoms with Crippen molar-refractivity contribution < 1.29 is 5.11 Å². The smallest absolute Gasteiger partial charge is 0.122 e. The summed E-state index contributed by atoms with van der Waals surface area (Å²) in [4.78, 5) is 0. The number of aromatic hydroxyl groups is 1. The number of hydrogen-bond acceptors (Lipinski definition) is 1. The molecule has 1 aromatic carbocycles. The first-order valence-corrected chi connectivity index (χ1v) is 10.6. The molecule has 0 aliphatic rings. The molecule has 0 saturated carbocycles. The van der Waals surface area contributed by atoms with E-state index in [0.717, 1.165) is 11.1 Å². The summed E-state index contributed by atoms with van der Waals surface area (Å²) in [6, 6.07) is 4.38. The fraction of sp³-hybridized carbons (Fsp3) is 0.647. The van der Waals surface area contributed by atoms with E-state index in [4.69, 9.17) is 0 Å². The summed E-state index contributed by atoms with van der Waals surface area (Å²) in [5.74, 6) is 0.514. The second-order valence-corrected chi connectivity index (χ2v) is 13.7. The lowest BCUT2D eigenvalue weighted by Gasteiger charge is -2.33. The molecule has 2 heteroatoms. The number of phenols is 1. The lowest BCUT2D eigenvalue weighted by atomic mass is 9.79. The molecule has 0 heterocycles. The fourth-order valence-electron chi connectivity index (χ4n) is 2.58. The molecule has 0 atom stereocenters. The molecular weight excluding hydrogens is 248 g/mol. The molecule has 0 spiro atoms. The van der Waals surface area contributed by atoms with E-state index in [1.54, 1.807) is 0 Å². The van der Waals surface area contributed by atoms with E-state index in [1.807, 2.05) is 0 Å². The lowest BCUT2D eigenvalue weighted by Crippen LogP contribution is -2.43. The van der Waals surface area contributed by atoms with Crippen molar-refractivity contribution in [3.05, 3.63) is 23.3 Å². The van der Waals surface area contributed by atoms with E-state index in [2.05, 4.69) is 73.3 Å². The lowest BCUT2D eigenvalue weighted by molar-refractivity contribution is 0.424. The highest BCUT2D eigenvalue weighted by molar-refractivity contribution is 6.89. The van der Waals surface area contributed by atoms with Crippen LogP contribution in [0.2, 0.25) is 19.6 Å². The first kappa shape index (κ1) is 16.3. The van der Waals surface area contributed by atoms with Crippen LogP contribution in [0.15, 0.2) is 12.1 Å². The Hall–Kier alpha value is -0.763. The van der Waals surface area contributed by atoms with E-state index < -0.39 is 8.07 Å². The van der Waals surface area contributed by atoms with Gasteiger partial charge in [0.05, 0.1) is 8.07 Å². The quantitative estimate of drug-likeness (QED) is 0.748. The van der Waals surface area contributed by atoms with E-state index in [0.29, 0.717) is 5.75 Å². The van der Waals surface area contributed by atoms with Gasteiger partial charge >= 0.3 is 0 Å². The van der Waals surface area contributed by atoms with Crippen LogP contribution in [0, 0.1) is 0 Å². The zero-order valence-corrected chi connectivity index (χ0v) is 15.1. The van der Waals surface area contributed by atoms with Gasteiger partial charge in [-0.15, -0.1) is 0 Å². The van der Waals surface area contributed by atoms with E-state index in [9.17, 15) is 5.11 Å². The van der Waals surface area contributed by atoms with Crippen molar-refractivity contribution in [3.8, 4) is 5.75 Å². The number of rotatable bonds is 1. The molecule has 0 aliphatic heterocycles. The Balaban J connectivity index is 3.71. The van der Waals surface area contributed by atoms with Crippen molar-refractivity contribution in [1.82, 2.24) is 0 Å². The highest BCUT2D eigenvalue weighted by atomic mass is 28.3. The van der Waals surface area contributed by atoms with Crippen molar-refractivity contribution in [1.29, 1.82) is 0 Å². The Morgan fingerprint density at radius 1 is 0.842 bits per heavy atom. The molecule has 1 nitrogen and oxygen atoms in total. The predicted octanol–water partition coefficient (Wildman–Crippen LogP) is 4.53. The maximum Gasteiger partial charge on any atom is 0.122 e. The Kier molecular flexibility index (Phi) is 3.99. The van der Waals surface area contributed by atoms with Crippen LogP contribution in [0.1, 0.15) is 52.7 Å². The van der Waals surface area contributed by atoms with Crippen LogP contribution >= 0.6 is 0 Å². The Morgan fingerprint density at radius 3 is 1.63 bits per heavy atom. The number of benzene rings is 1. The average Bonchev–Trinajstić information content (AvgIpc) is 2.11. The van der Waals surface area contributed by atoms with E-state index >= 15 is 0 Å². The third-order valence-corrected chi connectivity index (χ3v) is 5.58. The predicted molar refractivity (Wildman–Crippen MR) is 88.5 cm³/mol. The van der Waals surface area contributed by atoms with Crippen LogP contribution in [-0.2, 0) is 10.8 Å². The van der Waals surface area contributed by atoms with Gasteiger partial charge in [-0.3, -0.25) is 0 Å². The van der Waals surface area contributed by atoms with E-state index in [1.165, 1.54) is 5.19 Å². The summed E-state index contributed by atoms with van der Waals surface area (Å²) in [5, 5.41) is 12.2. The van der Waals surface area contributed by atoms with Crippen LogP contribution in [0.4, 0.5) is 0 Å². The molecule has 0 amide bonds.